The number of allylic oxidation sites excluding steroid dienone is 2. The highest BCUT2D eigenvalue weighted by Gasteiger charge is 2.69. The molecule has 0 bridgehead atoms. The van der Waals surface area contributed by atoms with Crippen molar-refractivity contribution in [1.82, 2.24) is 0 Å². The predicted molar refractivity (Wildman–Crippen MR) is 131 cm³/mol. The van der Waals surface area contributed by atoms with Gasteiger partial charge in [-0.05, 0) is 104 Å². The number of aliphatic carboxylic acids is 1. The zero-order chi connectivity index (χ0) is 23.6. The Labute approximate surface area is 201 Å². The molecule has 0 aromatic carbocycles. The summed E-state index contributed by atoms with van der Waals surface area (Å²) in [6.45, 7) is 15.9. The lowest BCUT2D eigenvalue weighted by Crippen LogP contribution is -2.67. The van der Waals surface area contributed by atoms with E-state index in [1.54, 1.807) is 5.57 Å². The first-order valence-corrected chi connectivity index (χ1v) is 13.9. The molecule has 10 atom stereocenters. The first-order valence-electron chi connectivity index (χ1n) is 13.9. The average Bonchev–Trinajstić information content (AvgIpc) is 2.71. The van der Waals surface area contributed by atoms with E-state index in [-0.39, 0.29) is 11.3 Å². The van der Waals surface area contributed by atoms with Crippen molar-refractivity contribution in [2.24, 2.45) is 56.7 Å². The maximum Gasteiger partial charge on any atom is 0.310 e. The molecule has 0 radical (unpaired) electrons. The molecule has 4 saturated carbocycles. The SMILES string of the molecule is C[C@H]1CC2(C(=O)O)CCC(C)(C)CC2C2=CCC3C(C)(CCC4C3(C)CC[C@H]3OC[C@@]43C)C21. The third-order valence-corrected chi connectivity index (χ3v) is 12.8. The van der Waals surface area contributed by atoms with E-state index < -0.39 is 11.4 Å². The second-order valence-electron chi connectivity index (χ2n) is 15.0. The molecule has 0 aromatic heterocycles. The first-order chi connectivity index (χ1) is 15.4. The summed E-state index contributed by atoms with van der Waals surface area (Å²) in [5.41, 5.74) is 2.34. The van der Waals surface area contributed by atoms with Gasteiger partial charge in [-0.3, -0.25) is 4.79 Å². The van der Waals surface area contributed by atoms with Crippen LogP contribution >= 0.6 is 0 Å². The summed E-state index contributed by atoms with van der Waals surface area (Å²) in [5, 5.41) is 10.5. The summed E-state index contributed by atoms with van der Waals surface area (Å²) in [4.78, 5) is 12.8. The van der Waals surface area contributed by atoms with Gasteiger partial charge in [-0.1, -0.05) is 53.2 Å². The summed E-state index contributed by atoms with van der Waals surface area (Å²) in [5.74, 6) is 2.22. The van der Waals surface area contributed by atoms with Crippen molar-refractivity contribution in [3.63, 3.8) is 0 Å². The van der Waals surface area contributed by atoms with Crippen molar-refractivity contribution in [2.75, 3.05) is 6.61 Å². The van der Waals surface area contributed by atoms with Crippen LogP contribution in [-0.2, 0) is 9.53 Å². The Balaban J connectivity index is 1.42. The Kier molecular flexibility index (Phi) is 4.58. The van der Waals surface area contributed by atoms with Crippen LogP contribution in [0.3, 0.4) is 0 Å². The zero-order valence-electron chi connectivity index (χ0n) is 21.9. The Bertz CT molecular complexity index is 904. The van der Waals surface area contributed by atoms with Crippen LogP contribution in [-0.4, -0.2) is 23.8 Å². The molecule has 33 heavy (non-hydrogen) atoms. The van der Waals surface area contributed by atoms with E-state index in [0.29, 0.717) is 40.1 Å². The maximum absolute atomic E-state index is 12.8. The summed E-state index contributed by atoms with van der Waals surface area (Å²) >= 11 is 0. The van der Waals surface area contributed by atoms with Crippen LogP contribution in [0.2, 0.25) is 0 Å². The molecule has 6 aliphatic rings. The van der Waals surface area contributed by atoms with Crippen LogP contribution in [0.15, 0.2) is 11.6 Å². The Morgan fingerprint density at radius 1 is 0.939 bits per heavy atom. The maximum atomic E-state index is 12.8. The van der Waals surface area contributed by atoms with Crippen LogP contribution in [0.25, 0.3) is 0 Å². The quantitative estimate of drug-likeness (QED) is 0.430. The predicted octanol–water partition coefficient (Wildman–Crippen LogP) is 7.11. The van der Waals surface area contributed by atoms with E-state index in [4.69, 9.17) is 4.74 Å². The summed E-state index contributed by atoms with van der Waals surface area (Å²) in [6.07, 6.45) is 13.3. The summed E-state index contributed by atoms with van der Waals surface area (Å²) in [7, 11) is 0. The molecule has 3 heteroatoms. The number of hydrogen-bond acceptors (Lipinski definition) is 2. The number of fused-ring (bicyclic) bond motifs is 9. The number of carbonyl (C=O) groups is 1. The molecular formula is C30H46O3. The molecule has 184 valence electrons. The van der Waals surface area contributed by atoms with E-state index in [2.05, 4.69) is 47.6 Å². The van der Waals surface area contributed by atoms with Gasteiger partial charge in [0.05, 0.1) is 18.1 Å². The van der Waals surface area contributed by atoms with E-state index >= 15 is 0 Å². The van der Waals surface area contributed by atoms with Gasteiger partial charge in [0.1, 0.15) is 0 Å². The highest BCUT2D eigenvalue weighted by molar-refractivity contribution is 5.76. The van der Waals surface area contributed by atoms with Crippen LogP contribution in [0.4, 0.5) is 0 Å². The van der Waals surface area contributed by atoms with Crippen LogP contribution in [0.5, 0.6) is 0 Å². The molecule has 1 N–H and O–H groups in total. The molecule has 6 rings (SSSR count). The van der Waals surface area contributed by atoms with Crippen molar-refractivity contribution in [3.8, 4) is 0 Å². The highest BCUT2D eigenvalue weighted by atomic mass is 16.5. The van der Waals surface area contributed by atoms with Crippen molar-refractivity contribution < 1.29 is 14.6 Å². The van der Waals surface area contributed by atoms with Gasteiger partial charge in [-0.15, -0.1) is 0 Å². The Morgan fingerprint density at radius 2 is 1.67 bits per heavy atom. The average molecular weight is 455 g/mol. The fraction of sp³-hybridized carbons (Fsp3) is 0.900. The minimum atomic E-state index is -0.531. The molecule has 1 saturated heterocycles. The van der Waals surface area contributed by atoms with Gasteiger partial charge in [-0.2, -0.15) is 0 Å². The lowest BCUT2D eigenvalue weighted by Gasteiger charge is -2.71. The fourth-order valence-electron chi connectivity index (χ4n) is 11.3. The van der Waals surface area contributed by atoms with E-state index in [1.165, 1.54) is 25.7 Å². The number of carboxylic acids is 1. The minimum Gasteiger partial charge on any atom is -0.481 e. The third-order valence-electron chi connectivity index (χ3n) is 12.8. The van der Waals surface area contributed by atoms with Crippen LogP contribution < -0.4 is 0 Å². The van der Waals surface area contributed by atoms with Crippen molar-refractivity contribution in [1.29, 1.82) is 0 Å². The molecule has 0 aromatic rings. The zero-order valence-corrected chi connectivity index (χ0v) is 21.9. The van der Waals surface area contributed by atoms with E-state index in [1.807, 2.05) is 0 Å². The lowest BCUT2D eigenvalue weighted by atomic mass is 9.35. The highest BCUT2D eigenvalue weighted by Crippen LogP contribution is 2.73. The number of hydrogen-bond donors (Lipinski definition) is 1. The standard InChI is InChI=1S/C30H46O3/c1-18-15-30(25(31)32)14-13-26(2,3)16-20(30)19-7-8-21-27(4)12-10-23-29(6,17-33-23)22(27)9-11-28(21,5)24(18)19/h7,18,20-24H,8-17H2,1-6H3,(H,31,32)/t18-,20?,21?,22?,23+,24?,27?,28?,29-,30?/m0/s1. The van der Waals surface area contributed by atoms with Crippen molar-refractivity contribution in [3.05, 3.63) is 11.6 Å². The molecule has 7 unspecified atom stereocenters. The second kappa shape index (κ2) is 6.68. The lowest BCUT2D eigenvalue weighted by molar-refractivity contribution is -0.283. The van der Waals surface area contributed by atoms with Crippen molar-refractivity contribution >= 4 is 5.97 Å². The Hall–Kier alpha value is -0.830. The monoisotopic (exact) mass is 454 g/mol. The van der Waals surface area contributed by atoms with Gasteiger partial charge in [-0.25, -0.2) is 0 Å². The van der Waals surface area contributed by atoms with Gasteiger partial charge in [0.15, 0.2) is 0 Å². The molecule has 5 aliphatic carbocycles. The normalized spacial score (nSPS) is 56.6. The molecular weight excluding hydrogens is 408 g/mol. The van der Waals surface area contributed by atoms with E-state index in [9.17, 15) is 9.90 Å². The number of ether oxygens (including phenoxy) is 1. The first kappa shape index (κ1) is 22.6. The minimum absolute atomic E-state index is 0.233. The Morgan fingerprint density at radius 3 is 2.33 bits per heavy atom. The third kappa shape index (κ3) is 2.70. The smallest absolute Gasteiger partial charge is 0.310 e. The van der Waals surface area contributed by atoms with Gasteiger partial charge in [0.2, 0.25) is 0 Å². The molecule has 1 heterocycles. The fourth-order valence-corrected chi connectivity index (χ4v) is 11.3. The number of rotatable bonds is 1. The molecule has 1 aliphatic heterocycles. The van der Waals surface area contributed by atoms with Crippen LogP contribution in [0.1, 0.15) is 99.3 Å². The molecule has 0 spiro atoms. The topological polar surface area (TPSA) is 46.5 Å². The molecule has 3 nitrogen and oxygen atoms in total. The molecule has 0 amide bonds. The van der Waals surface area contributed by atoms with Gasteiger partial charge < -0.3 is 9.84 Å². The van der Waals surface area contributed by atoms with E-state index in [0.717, 1.165) is 44.6 Å². The van der Waals surface area contributed by atoms with Crippen LogP contribution in [0, 0.1) is 56.7 Å². The molecule has 5 fully saturated rings. The van der Waals surface area contributed by atoms with Gasteiger partial charge in [0.25, 0.3) is 0 Å². The van der Waals surface area contributed by atoms with Gasteiger partial charge in [0, 0.05) is 5.41 Å². The summed E-state index contributed by atoms with van der Waals surface area (Å²) < 4.78 is 6.04. The second-order valence-corrected chi connectivity index (χ2v) is 15.0. The summed E-state index contributed by atoms with van der Waals surface area (Å²) in [6, 6.07) is 0. The number of carboxylic acid groups (broad SMARTS) is 1. The van der Waals surface area contributed by atoms with Gasteiger partial charge >= 0.3 is 5.97 Å². The van der Waals surface area contributed by atoms with Crippen molar-refractivity contribution in [2.45, 2.75) is 105 Å². The largest absolute Gasteiger partial charge is 0.481 e.